The molecule has 0 aliphatic rings. The van der Waals surface area contributed by atoms with Crippen LogP contribution in [0.1, 0.15) is 0 Å². The molecule has 0 atom stereocenters. The zero-order valence-corrected chi connectivity index (χ0v) is 9.97. The van der Waals surface area contributed by atoms with Crippen LogP contribution in [0.2, 0.25) is 0 Å². The summed E-state index contributed by atoms with van der Waals surface area (Å²) in [5.41, 5.74) is 8.92. The molecule has 0 aliphatic carbocycles. The maximum atomic E-state index is 13.3. The minimum Gasteiger partial charge on any atom is -0.384 e. The van der Waals surface area contributed by atoms with E-state index in [1.165, 1.54) is 12.1 Å². The molecule has 0 radical (unpaired) electrons. The lowest BCUT2D eigenvalue weighted by Gasteiger charge is -2.04. The van der Waals surface area contributed by atoms with Crippen LogP contribution < -0.4 is 5.73 Å². The van der Waals surface area contributed by atoms with Gasteiger partial charge in [-0.3, -0.25) is 5.10 Å². The third kappa shape index (κ3) is 2.18. The molecule has 2 heterocycles. The summed E-state index contributed by atoms with van der Waals surface area (Å²) in [5.74, 6) is 0.149. The van der Waals surface area contributed by atoms with Gasteiger partial charge in [0.15, 0.2) is 0 Å². The SMILES string of the molecule is Nc1cc(-c2cn[nH]c2-c2cccc(F)c2)ccn1. The molecule has 0 saturated carbocycles. The van der Waals surface area contributed by atoms with Gasteiger partial charge in [0.25, 0.3) is 0 Å². The number of nitrogens with two attached hydrogens (primary N) is 1. The molecular weight excluding hydrogens is 243 g/mol. The summed E-state index contributed by atoms with van der Waals surface area (Å²) in [6.45, 7) is 0. The Balaban J connectivity index is 2.13. The number of anilines is 1. The first kappa shape index (κ1) is 11.4. The summed E-state index contributed by atoms with van der Waals surface area (Å²) in [6, 6.07) is 9.95. The molecule has 3 aromatic rings. The van der Waals surface area contributed by atoms with Gasteiger partial charge in [0, 0.05) is 17.3 Å². The molecule has 0 aliphatic heterocycles. The highest BCUT2D eigenvalue weighted by Gasteiger charge is 2.10. The molecule has 19 heavy (non-hydrogen) atoms. The van der Waals surface area contributed by atoms with Crippen molar-refractivity contribution in [2.45, 2.75) is 0 Å². The van der Waals surface area contributed by atoms with Gasteiger partial charge in [-0.05, 0) is 29.8 Å². The first-order valence-electron chi connectivity index (χ1n) is 5.75. The number of pyridine rings is 1. The van der Waals surface area contributed by atoms with Gasteiger partial charge in [0.05, 0.1) is 11.9 Å². The molecule has 94 valence electrons. The number of benzene rings is 1. The van der Waals surface area contributed by atoms with Crippen LogP contribution in [0, 0.1) is 5.82 Å². The molecule has 0 bridgehead atoms. The fraction of sp³-hybridized carbons (Fsp3) is 0. The van der Waals surface area contributed by atoms with Crippen LogP contribution in [0.15, 0.2) is 48.8 Å². The number of nitrogen functional groups attached to an aromatic ring is 1. The quantitative estimate of drug-likeness (QED) is 0.738. The van der Waals surface area contributed by atoms with Gasteiger partial charge in [0.2, 0.25) is 0 Å². The average Bonchev–Trinajstić information content (AvgIpc) is 2.88. The van der Waals surface area contributed by atoms with E-state index in [9.17, 15) is 4.39 Å². The smallest absolute Gasteiger partial charge is 0.123 e. The highest BCUT2D eigenvalue weighted by Crippen LogP contribution is 2.30. The number of aromatic amines is 1. The number of H-pyrrole nitrogens is 1. The molecule has 1 aromatic carbocycles. The van der Waals surface area contributed by atoms with E-state index in [2.05, 4.69) is 15.2 Å². The van der Waals surface area contributed by atoms with E-state index in [0.29, 0.717) is 5.82 Å². The normalized spacial score (nSPS) is 10.6. The van der Waals surface area contributed by atoms with E-state index in [1.807, 2.05) is 12.1 Å². The summed E-state index contributed by atoms with van der Waals surface area (Å²) < 4.78 is 13.3. The largest absolute Gasteiger partial charge is 0.384 e. The van der Waals surface area contributed by atoms with Gasteiger partial charge in [-0.1, -0.05) is 12.1 Å². The van der Waals surface area contributed by atoms with Crippen molar-refractivity contribution in [2.24, 2.45) is 0 Å². The maximum absolute atomic E-state index is 13.3. The van der Waals surface area contributed by atoms with Crippen molar-refractivity contribution in [1.29, 1.82) is 0 Å². The van der Waals surface area contributed by atoms with E-state index in [4.69, 9.17) is 5.73 Å². The molecule has 0 unspecified atom stereocenters. The molecular formula is C14H11FN4. The van der Waals surface area contributed by atoms with Crippen molar-refractivity contribution < 1.29 is 4.39 Å². The maximum Gasteiger partial charge on any atom is 0.123 e. The number of aromatic nitrogens is 3. The zero-order chi connectivity index (χ0) is 13.2. The average molecular weight is 254 g/mol. The number of hydrogen-bond acceptors (Lipinski definition) is 3. The van der Waals surface area contributed by atoms with Gasteiger partial charge in [-0.25, -0.2) is 9.37 Å². The minimum absolute atomic E-state index is 0.285. The van der Waals surface area contributed by atoms with Crippen LogP contribution in [0.3, 0.4) is 0 Å². The van der Waals surface area contributed by atoms with Gasteiger partial charge >= 0.3 is 0 Å². The van der Waals surface area contributed by atoms with E-state index >= 15 is 0 Å². The molecule has 3 N–H and O–H groups in total. The van der Waals surface area contributed by atoms with Crippen LogP contribution in [0.4, 0.5) is 10.2 Å². The number of nitrogens with one attached hydrogen (secondary N) is 1. The lowest BCUT2D eigenvalue weighted by Crippen LogP contribution is -1.90. The predicted molar refractivity (Wildman–Crippen MR) is 71.6 cm³/mol. The lowest BCUT2D eigenvalue weighted by atomic mass is 10.0. The van der Waals surface area contributed by atoms with Crippen LogP contribution in [0.25, 0.3) is 22.4 Å². The molecule has 0 saturated heterocycles. The molecule has 5 heteroatoms. The number of rotatable bonds is 2. The van der Waals surface area contributed by atoms with Crippen LogP contribution >= 0.6 is 0 Å². The Morgan fingerprint density at radius 3 is 2.79 bits per heavy atom. The molecule has 0 fully saturated rings. The lowest BCUT2D eigenvalue weighted by molar-refractivity contribution is 0.628. The van der Waals surface area contributed by atoms with Crippen molar-refractivity contribution in [3.05, 3.63) is 54.6 Å². The third-order valence-electron chi connectivity index (χ3n) is 2.84. The second-order valence-corrected chi connectivity index (χ2v) is 4.14. The topological polar surface area (TPSA) is 67.6 Å². The van der Waals surface area contributed by atoms with Crippen LogP contribution in [0.5, 0.6) is 0 Å². The summed E-state index contributed by atoms with van der Waals surface area (Å²) in [6.07, 6.45) is 3.32. The molecule has 0 amide bonds. The van der Waals surface area contributed by atoms with E-state index in [1.54, 1.807) is 24.5 Å². The fourth-order valence-electron chi connectivity index (χ4n) is 1.98. The first-order valence-corrected chi connectivity index (χ1v) is 5.75. The monoisotopic (exact) mass is 254 g/mol. The predicted octanol–water partition coefficient (Wildman–Crippen LogP) is 2.86. The van der Waals surface area contributed by atoms with Gasteiger partial charge in [-0.2, -0.15) is 5.10 Å². The summed E-state index contributed by atoms with van der Waals surface area (Å²) in [4.78, 5) is 3.95. The minimum atomic E-state index is -0.285. The van der Waals surface area contributed by atoms with Crippen LogP contribution in [-0.4, -0.2) is 15.2 Å². The van der Waals surface area contributed by atoms with E-state index in [-0.39, 0.29) is 5.82 Å². The Morgan fingerprint density at radius 2 is 2.00 bits per heavy atom. The summed E-state index contributed by atoms with van der Waals surface area (Å²) in [7, 11) is 0. The second-order valence-electron chi connectivity index (χ2n) is 4.14. The van der Waals surface area contributed by atoms with Gasteiger partial charge in [0.1, 0.15) is 11.6 Å². The Bertz CT molecular complexity index is 661. The summed E-state index contributed by atoms with van der Waals surface area (Å²) in [5, 5.41) is 6.91. The Labute approximate surface area is 109 Å². The van der Waals surface area contributed by atoms with Crippen molar-refractivity contribution in [3.63, 3.8) is 0 Å². The van der Waals surface area contributed by atoms with Crippen molar-refractivity contribution >= 4 is 5.82 Å². The standard InChI is InChI=1S/C14H11FN4/c15-11-3-1-2-10(6-11)14-12(8-18-19-14)9-4-5-17-13(16)7-9/h1-8H,(H2,16,17)(H,18,19). The highest BCUT2D eigenvalue weighted by atomic mass is 19.1. The zero-order valence-electron chi connectivity index (χ0n) is 9.97. The molecule has 3 rings (SSSR count). The van der Waals surface area contributed by atoms with Crippen molar-refractivity contribution in [1.82, 2.24) is 15.2 Å². The molecule has 2 aromatic heterocycles. The second kappa shape index (κ2) is 4.53. The molecule has 4 nitrogen and oxygen atoms in total. The number of halogens is 1. The highest BCUT2D eigenvalue weighted by molar-refractivity contribution is 5.80. The number of nitrogens with zero attached hydrogens (tertiary/aromatic N) is 2. The van der Waals surface area contributed by atoms with Crippen LogP contribution in [-0.2, 0) is 0 Å². The first-order chi connectivity index (χ1) is 9.24. The number of hydrogen-bond donors (Lipinski definition) is 2. The van der Waals surface area contributed by atoms with E-state index < -0.39 is 0 Å². The van der Waals surface area contributed by atoms with Gasteiger partial charge in [-0.15, -0.1) is 0 Å². The van der Waals surface area contributed by atoms with Crippen molar-refractivity contribution in [3.8, 4) is 22.4 Å². The Morgan fingerprint density at radius 1 is 1.11 bits per heavy atom. The van der Waals surface area contributed by atoms with Gasteiger partial charge < -0.3 is 5.73 Å². The fourth-order valence-corrected chi connectivity index (χ4v) is 1.98. The van der Waals surface area contributed by atoms with E-state index in [0.717, 1.165) is 22.4 Å². The summed E-state index contributed by atoms with van der Waals surface area (Å²) >= 11 is 0. The Kier molecular flexibility index (Phi) is 2.72. The van der Waals surface area contributed by atoms with Crippen molar-refractivity contribution in [2.75, 3.05) is 5.73 Å². The Hall–Kier alpha value is -2.69. The third-order valence-corrected chi connectivity index (χ3v) is 2.84. The molecule has 0 spiro atoms.